The van der Waals surface area contributed by atoms with Crippen LogP contribution in [0.25, 0.3) is 11.0 Å². The average molecular weight is 278 g/mol. The maximum absolute atomic E-state index is 4.51. The van der Waals surface area contributed by atoms with Crippen LogP contribution in [0.4, 0.5) is 5.95 Å². The molecule has 0 aliphatic carbocycles. The minimum atomic E-state index is 0.124. The van der Waals surface area contributed by atoms with Gasteiger partial charge < -0.3 is 4.98 Å². The van der Waals surface area contributed by atoms with Gasteiger partial charge in [-0.1, -0.05) is 0 Å². The van der Waals surface area contributed by atoms with E-state index in [2.05, 4.69) is 30.4 Å². The fourth-order valence-corrected chi connectivity index (χ4v) is 3.68. The molecule has 1 fully saturated rings. The summed E-state index contributed by atoms with van der Waals surface area (Å²) in [6.45, 7) is 2.89. The standard InChI is InChI=1S/C10H10N6S2/c1-5-2-16-10(11-5)18-9(15-16)14-8-12-6-3-17-4-7(6)13-8/h3-4,10H,2H2,1H3,(H2,12,13,14,15). The molecule has 8 heteroatoms. The summed E-state index contributed by atoms with van der Waals surface area (Å²) in [5.41, 5.74) is 6.52. The lowest BCUT2D eigenvalue weighted by Crippen LogP contribution is -2.36. The molecule has 1 saturated heterocycles. The summed E-state index contributed by atoms with van der Waals surface area (Å²) in [4.78, 5) is 16.6. The number of hydrazine groups is 1. The van der Waals surface area contributed by atoms with Crippen molar-refractivity contribution in [2.75, 3.05) is 6.54 Å². The van der Waals surface area contributed by atoms with Gasteiger partial charge in [-0.3, -0.25) is 10.4 Å². The van der Waals surface area contributed by atoms with Gasteiger partial charge in [0, 0.05) is 16.5 Å². The Bertz CT molecular complexity index is 640. The number of aromatic amines is 1. The summed E-state index contributed by atoms with van der Waals surface area (Å²) in [6.07, 6.45) is 0. The van der Waals surface area contributed by atoms with Gasteiger partial charge in [0.1, 0.15) is 5.52 Å². The summed E-state index contributed by atoms with van der Waals surface area (Å²) < 4.78 is 0. The lowest BCUT2D eigenvalue weighted by molar-refractivity contribution is 0.289. The van der Waals surface area contributed by atoms with Crippen LogP contribution >= 0.6 is 23.1 Å². The molecule has 6 nitrogen and oxygen atoms in total. The Morgan fingerprint density at radius 3 is 3.28 bits per heavy atom. The topological polar surface area (TPSA) is 68.7 Å². The van der Waals surface area contributed by atoms with Crippen LogP contribution in [-0.4, -0.2) is 37.9 Å². The summed E-state index contributed by atoms with van der Waals surface area (Å²) in [6, 6.07) is 0. The minimum Gasteiger partial charge on any atom is -0.322 e. The number of thiophene rings is 1. The van der Waals surface area contributed by atoms with Crippen LogP contribution in [-0.2, 0) is 0 Å². The maximum Gasteiger partial charge on any atom is 0.230 e. The van der Waals surface area contributed by atoms with Gasteiger partial charge in [0.15, 0.2) is 10.7 Å². The molecule has 4 rings (SSSR count). The highest BCUT2D eigenvalue weighted by atomic mass is 32.2. The molecule has 2 aliphatic heterocycles. The number of aliphatic imine (C=N–C) groups is 2. The first-order chi connectivity index (χ1) is 8.78. The Hall–Kier alpha value is -1.38. The molecule has 2 N–H and O–H groups in total. The molecule has 0 saturated carbocycles. The molecular formula is C10H10N6S2. The monoisotopic (exact) mass is 278 g/mol. The zero-order valence-corrected chi connectivity index (χ0v) is 11.2. The zero-order chi connectivity index (χ0) is 12.1. The van der Waals surface area contributed by atoms with Crippen LogP contribution in [0, 0.1) is 0 Å². The number of imidazole rings is 1. The Labute approximate surface area is 111 Å². The number of H-pyrrole nitrogens is 1. The molecule has 0 spiro atoms. The second-order valence-electron chi connectivity index (χ2n) is 4.20. The highest BCUT2D eigenvalue weighted by Gasteiger charge is 2.33. The summed E-state index contributed by atoms with van der Waals surface area (Å²) in [7, 11) is 0. The highest BCUT2D eigenvalue weighted by molar-refractivity contribution is 8.14. The molecule has 1 atom stereocenters. The van der Waals surface area contributed by atoms with Gasteiger partial charge in [-0.2, -0.15) is 10.0 Å². The third-order valence-corrected chi connectivity index (χ3v) is 4.48. The van der Waals surface area contributed by atoms with Gasteiger partial charge in [-0.25, -0.2) is 4.98 Å². The minimum absolute atomic E-state index is 0.124. The van der Waals surface area contributed by atoms with E-state index in [1.54, 1.807) is 23.1 Å². The van der Waals surface area contributed by atoms with E-state index in [0.29, 0.717) is 5.95 Å². The summed E-state index contributed by atoms with van der Waals surface area (Å²) >= 11 is 3.25. The number of amidine groups is 1. The molecule has 0 amide bonds. The van der Waals surface area contributed by atoms with Crippen molar-refractivity contribution in [3.8, 4) is 0 Å². The van der Waals surface area contributed by atoms with Crippen molar-refractivity contribution in [1.29, 1.82) is 0 Å². The molecule has 2 aliphatic rings. The number of nitrogens with zero attached hydrogens (tertiary/aromatic N) is 4. The zero-order valence-electron chi connectivity index (χ0n) is 9.54. The lowest BCUT2D eigenvalue weighted by Gasteiger charge is -2.10. The van der Waals surface area contributed by atoms with Crippen molar-refractivity contribution in [3.63, 3.8) is 0 Å². The van der Waals surface area contributed by atoms with Gasteiger partial charge in [0.05, 0.1) is 12.1 Å². The number of rotatable bonds is 1. The lowest BCUT2D eigenvalue weighted by atomic mass is 10.4. The molecule has 0 bridgehead atoms. The molecular weight excluding hydrogens is 268 g/mol. The third kappa shape index (κ3) is 1.64. The number of aromatic nitrogens is 2. The number of thioether (sulfide) groups is 1. The van der Waals surface area contributed by atoms with E-state index in [1.165, 1.54) is 0 Å². The average Bonchev–Trinajstić information content (AvgIpc) is 2.96. The van der Waals surface area contributed by atoms with Crippen LogP contribution in [0.5, 0.6) is 0 Å². The predicted molar refractivity (Wildman–Crippen MR) is 75.4 cm³/mol. The first kappa shape index (κ1) is 10.5. The third-order valence-electron chi connectivity index (χ3n) is 2.77. The Morgan fingerprint density at radius 1 is 1.50 bits per heavy atom. The SMILES string of the molecule is CC1=NC2SC(=Nc3nc4cscc4[nH]3)NN2C1. The van der Waals surface area contributed by atoms with Crippen LogP contribution in [0.1, 0.15) is 6.92 Å². The van der Waals surface area contributed by atoms with Crippen molar-refractivity contribution < 1.29 is 0 Å². The van der Waals surface area contributed by atoms with Gasteiger partial charge in [0.25, 0.3) is 0 Å². The van der Waals surface area contributed by atoms with E-state index in [-0.39, 0.29) is 5.50 Å². The van der Waals surface area contributed by atoms with Crippen LogP contribution in [0.15, 0.2) is 20.7 Å². The van der Waals surface area contributed by atoms with Crippen LogP contribution in [0.3, 0.4) is 0 Å². The first-order valence-corrected chi connectivity index (χ1v) is 7.34. The second-order valence-corrected chi connectivity index (χ2v) is 5.98. The Kier molecular flexibility index (Phi) is 2.23. The van der Waals surface area contributed by atoms with Crippen LogP contribution < -0.4 is 5.43 Å². The molecule has 2 aromatic rings. The van der Waals surface area contributed by atoms with E-state index in [1.807, 2.05) is 17.7 Å². The molecule has 1 unspecified atom stereocenters. The summed E-state index contributed by atoms with van der Waals surface area (Å²) in [5.74, 6) is 0.643. The van der Waals surface area contributed by atoms with E-state index >= 15 is 0 Å². The van der Waals surface area contributed by atoms with Crippen LogP contribution in [0.2, 0.25) is 0 Å². The van der Waals surface area contributed by atoms with Crippen molar-refractivity contribution in [1.82, 2.24) is 20.4 Å². The number of hydrogen-bond acceptors (Lipinski definition) is 6. The maximum atomic E-state index is 4.51. The molecule has 18 heavy (non-hydrogen) atoms. The number of fused-ring (bicyclic) bond motifs is 2. The van der Waals surface area contributed by atoms with Crippen molar-refractivity contribution in [2.45, 2.75) is 12.4 Å². The smallest absolute Gasteiger partial charge is 0.230 e. The quantitative estimate of drug-likeness (QED) is 0.836. The fraction of sp³-hybridized carbons (Fsp3) is 0.300. The first-order valence-electron chi connectivity index (χ1n) is 5.52. The van der Waals surface area contributed by atoms with Gasteiger partial charge in [0.2, 0.25) is 5.95 Å². The van der Waals surface area contributed by atoms with E-state index < -0.39 is 0 Å². The fourth-order valence-electron chi connectivity index (χ4n) is 1.99. The van der Waals surface area contributed by atoms with Crippen molar-refractivity contribution >= 4 is 51.0 Å². The highest BCUT2D eigenvalue weighted by Crippen LogP contribution is 2.29. The van der Waals surface area contributed by atoms with E-state index in [4.69, 9.17) is 0 Å². The predicted octanol–water partition coefficient (Wildman–Crippen LogP) is 1.92. The normalized spacial score (nSPS) is 25.7. The van der Waals surface area contributed by atoms with Gasteiger partial charge >= 0.3 is 0 Å². The van der Waals surface area contributed by atoms with E-state index in [0.717, 1.165) is 28.5 Å². The second kappa shape index (κ2) is 3.81. The molecule has 0 radical (unpaired) electrons. The Balaban J connectivity index is 1.61. The number of hydrogen-bond donors (Lipinski definition) is 2. The van der Waals surface area contributed by atoms with Crippen molar-refractivity contribution in [2.24, 2.45) is 9.98 Å². The summed E-state index contributed by atoms with van der Waals surface area (Å²) in [5, 5.41) is 6.96. The number of nitrogens with one attached hydrogen (secondary N) is 2. The molecule has 2 aromatic heterocycles. The largest absolute Gasteiger partial charge is 0.322 e. The van der Waals surface area contributed by atoms with Gasteiger partial charge in [-0.15, -0.1) is 11.3 Å². The van der Waals surface area contributed by atoms with Crippen molar-refractivity contribution in [3.05, 3.63) is 10.8 Å². The molecule has 0 aromatic carbocycles. The molecule has 4 heterocycles. The Morgan fingerprint density at radius 2 is 2.44 bits per heavy atom. The van der Waals surface area contributed by atoms with E-state index in [9.17, 15) is 0 Å². The molecule has 92 valence electrons. The van der Waals surface area contributed by atoms with Gasteiger partial charge in [-0.05, 0) is 18.7 Å².